The second-order valence-electron chi connectivity index (χ2n) is 2.66. The van der Waals surface area contributed by atoms with Gasteiger partial charge in [-0.05, 0) is 12.5 Å². The van der Waals surface area contributed by atoms with Crippen LogP contribution in [-0.4, -0.2) is 28.6 Å². The van der Waals surface area contributed by atoms with Crippen LogP contribution in [0.3, 0.4) is 0 Å². The fourth-order valence-electron chi connectivity index (χ4n) is 0.396. The lowest BCUT2D eigenvalue weighted by Crippen LogP contribution is -2.19. The van der Waals surface area contributed by atoms with E-state index in [1.54, 1.807) is 0 Å². The predicted octanol–water partition coefficient (Wildman–Crippen LogP) is 1.22. The van der Waals surface area contributed by atoms with Crippen molar-refractivity contribution in [1.29, 1.82) is 0 Å². The summed E-state index contributed by atoms with van der Waals surface area (Å²) in [5, 5.41) is 0. The third kappa shape index (κ3) is 7.94. The molecule has 0 N–H and O–H groups in total. The predicted molar refractivity (Wildman–Crippen MR) is 36.9 cm³/mol. The van der Waals surface area contributed by atoms with E-state index in [-0.39, 0.29) is 5.75 Å². The van der Waals surface area contributed by atoms with E-state index in [1.165, 1.54) is 12.5 Å². The Kier molecular flexibility index (Phi) is 2.88. The Morgan fingerprint density at radius 2 is 1.70 bits per heavy atom. The summed E-state index contributed by atoms with van der Waals surface area (Å²) in [6, 6.07) is 0. The molecule has 1 nitrogen and oxygen atoms in total. The maximum atomic E-state index is 11.5. The molecule has 0 heterocycles. The van der Waals surface area contributed by atoms with Gasteiger partial charge in [-0.2, -0.15) is 13.2 Å². The average Bonchev–Trinajstić information content (AvgIpc) is 1.57. The van der Waals surface area contributed by atoms with Crippen molar-refractivity contribution in [2.45, 2.75) is 12.6 Å². The van der Waals surface area contributed by atoms with Crippen LogP contribution in [0.1, 0.15) is 6.42 Å². The van der Waals surface area contributed by atoms with E-state index < -0.39 is 22.5 Å². The number of hydrogen-bond donors (Lipinski definition) is 1. The van der Waals surface area contributed by atoms with Gasteiger partial charge in [-0.15, -0.1) is 9.93 Å². The zero-order chi connectivity index (χ0) is 8.41. The molecule has 0 radical (unpaired) electrons. The van der Waals surface area contributed by atoms with E-state index in [1.807, 2.05) is 0 Å². The highest BCUT2D eigenvalue weighted by Gasteiger charge is 2.27. The molecule has 0 bridgehead atoms. The zero-order valence-electron chi connectivity index (χ0n) is 5.90. The van der Waals surface area contributed by atoms with Crippen LogP contribution in [0.15, 0.2) is 0 Å². The van der Waals surface area contributed by atoms with Crippen molar-refractivity contribution in [2.24, 2.45) is 0 Å². The van der Waals surface area contributed by atoms with Crippen LogP contribution in [0.5, 0.6) is 0 Å². The summed E-state index contributed by atoms with van der Waals surface area (Å²) >= 11 is 0. The van der Waals surface area contributed by atoms with Gasteiger partial charge >= 0.3 is 6.18 Å². The summed E-state index contributed by atoms with van der Waals surface area (Å²) in [7, 11) is -2.48. The molecule has 5 heteroatoms. The second kappa shape index (κ2) is 2.90. The molecule has 0 aliphatic carbocycles. The van der Waals surface area contributed by atoms with E-state index in [9.17, 15) is 17.4 Å². The van der Waals surface area contributed by atoms with Crippen LogP contribution >= 0.6 is 0 Å². The lowest BCUT2D eigenvalue weighted by molar-refractivity contribution is -0.129. The Morgan fingerprint density at radius 1 is 1.30 bits per heavy atom. The SMILES string of the molecule is C[SH](C)(=O)CCC(F)(F)F. The Bertz CT molecular complexity index is 145. The first kappa shape index (κ1) is 9.94. The normalized spacial score (nSPS) is 15.3. The van der Waals surface area contributed by atoms with Crippen molar-refractivity contribution in [3.63, 3.8) is 0 Å². The second-order valence-corrected chi connectivity index (χ2v) is 6.26. The van der Waals surface area contributed by atoms with Crippen LogP contribution in [0.4, 0.5) is 13.2 Å². The maximum Gasteiger partial charge on any atom is 0.389 e. The van der Waals surface area contributed by atoms with Crippen LogP contribution in [0.25, 0.3) is 0 Å². The molecule has 0 aliphatic heterocycles. The van der Waals surface area contributed by atoms with E-state index >= 15 is 0 Å². The molecule has 10 heavy (non-hydrogen) atoms. The van der Waals surface area contributed by atoms with Crippen LogP contribution in [0, 0.1) is 0 Å². The van der Waals surface area contributed by atoms with Gasteiger partial charge in [-0.3, -0.25) is 4.21 Å². The topological polar surface area (TPSA) is 17.1 Å². The number of rotatable bonds is 2. The molecule has 0 rings (SSSR count). The van der Waals surface area contributed by atoms with Crippen molar-refractivity contribution in [3.8, 4) is 0 Å². The van der Waals surface area contributed by atoms with Crippen LogP contribution in [0.2, 0.25) is 0 Å². The highest BCUT2D eigenvalue weighted by Crippen LogP contribution is 2.20. The molecule has 0 atom stereocenters. The lowest BCUT2D eigenvalue weighted by atomic mass is 10.5. The van der Waals surface area contributed by atoms with E-state index in [0.717, 1.165) is 0 Å². The Morgan fingerprint density at radius 3 is 1.80 bits per heavy atom. The minimum atomic E-state index is -4.16. The summed E-state index contributed by atoms with van der Waals surface area (Å²) in [6.45, 7) is 0. The van der Waals surface area contributed by atoms with Crippen LogP contribution in [-0.2, 0) is 9.93 Å². The first-order valence-electron chi connectivity index (χ1n) is 2.81. The van der Waals surface area contributed by atoms with Crippen molar-refractivity contribution in [2.75, 3.05) is 18.3 Å². The van der Waals surface area contributed by atoms with E-state index in [2.05, 4.69) is 0 Å². The molecule has 0 spiro atoms. The molecule has 0 aliphatic rings. The molecular weight excluding hydrogens is 165 g/mol. The molecule has 0 aromatic heterocycles. The van der Waals surface area contributed by atoms with Gasteiger partial charge in [-0.1, -0.05) is 0 Å². The summed E-state index contributed by atoms with van der Waals surface area (Å²) < 4.78 is 45.2. The van der Waals surface area contributed by atoms with Crippen molar-refractivity contribution >= 4 is 9.93 Å². The van der Waals surface area contributed by atoms with Crippen molar-refractivity contribution in [1.82, 2.24) is 0 Å². The highest BCUT2D eigenvalue weighted by atomic mass is 32.2. The molecule has 0 saturated heterocycles. The highest BCUT2D eigenvalue weighted by molar-refractivity contribution is 8.01. The van der Waals surface area contributed by atoms with Crippen LogP contribution < -0.4 is 0 Å². The third-order valence-electron chi connectivity index (χ3n) is 0.934. The van der Waals surface area contributed by atoms with Gasteiger partial charge in [0, 0.05) is 5.75 Å². The van der Waals surface area contributed by atoms with Gasteiger partial charge in [0.15, 0.2) is 0 Å². The third-order valence-corrected chi connectivity index (χ3v) is 2.23. The lowest BCUT2D eigenvalue weighted by Gasteiger charge is -2.12. The molecule has 0 fully saturated rings. The van der Waals surface area contributed by atoms with Crippen molar-refractivity contribution < 1.29 is 17.4 Å². The fourth-order valence-corrected chi connectivity index (χ4v) is 1.19. The summed E-state index contributed by atoms with van der Waals surface area (Å²) in [5.41, 5.74) is 0. The maximum absolute atomic E-state index is 11.5. The summed E-state index contributed by atoms with van der Waals surface area (Å²) in [5.74, 6) is -0.240. The Balaban J connectivity index is 3.67. The first-order valence-corrected chi connectivity index (χ1v) is 5.60. The van der Waals surface area contributed by atoms with Gasteiger partial charge < -0.3 is 0 Å². The van der Waals surface area contributed by atoms with E-state index in [4.69, 9.17) is 0 Å². The van der Waals surface area contributed by atoms with Crippen molar-refractivity contribution in [3.05, 3.63) is 0 Å². The molecule has 0 aromatic rings. The molecule has 0 unspecified atom stereocenters. The number of alkyl halides is 3. The summed E-state index contributed by atoms with van der Waals surface area (Å²) in [6.07, 6.45) is -2.38. The molecular formula is C5H11F3OS. The number of hydrogen-bond acceptors (Lipinski definition) is 1. The Labute approximate surface area is 59.0 Å². The van der Waals surface area contributed by atoms with Gasteiger partial charge in [0.05, 0.1) is 6.42 Å². The number of thiol groups is 1. The minimum absolute atomic E-state index is 0.240. The monoisotopic (exact) mass is 176 g/mol. The largest absolute Gasteiger partial charge is 0.389 e. The van der Waals surface area contributed by atoms with Gasteiger partial charge in [0.1, 0.15) is 0 Å². The molecule has 0 amide bonds. The zero-order valence-corrected chi connectivity index (χ0v) is 6.80. The van der Waals surface area contributed by atoms with Gasteiger partial charge in [0.2, 0.25) is 0 Å². The number of halogens is 3. The quantitative estimate of drug-likeness (QED) is 0.626. The fraction of sp³-hybridized carbons (Fsp3) is 1.00. The van der Waals surface area contributed by atoms with Gasteiger partial charge in [-0.25, -0.2) is 0 Å². The standard InChI is InChI=1S/C5H11F3OS/c1-10(2,9)4-3-5(6,7)8/h10H,3-4H2,1-2H3. The summed E-state index contributed by atoms with van der Waals surface area (Å²) in [4.78, 5) is 0. The smallest absolute Gasteiger partial charge is 0.285 e. The average molecular weight is 176 g/mol. The minimum Gasteiger partial charge on any atom is -0.285 e. The molecule has 64 valence electrons. The molecule has 0 saturated carbocycles. The molecule has 0 aromatic carbocycles. The Hall–Kier alpha value is -0.0600. The van der Waals surface area contributed by atoms with E-state index in [0.29, 0.717) is 0 Å². The first-order chi connectivity index (χ1) is 4.21. The van der Waals surface area contributed by atoms with Gasteiger partial charge in [0.25, 0.3) is 0 Å².